The zero-order valence-electron chi connectivity index (χ0n) is 7.80. The van der Waals surface area contributed by atoms with Crippen molar-refractivity contribution in [1.29, 1.82) is 0 Å². The van der Waals surface area contributed by atoms with E-state index in [0.29, 0.717) is 6.54 Å². The van der Waals surface area contributed by atoms with Crippen LogP contribution in [0.4, 0.5) is 5.82 Å². The lowest BCUT2D eigenvalue weighted by Crippen LogP contribution is -1.99. The van der Waals surface area contributed by atoms with E-state index in [1.165, 1.54) is 0 Å². The molecular formula is C9H12ClN3O. The standard InChI is InChI=1S/C9H11N3O.ClH/c1-12-5-4-9(11-12)10-7-8-3-2-6-13-8;/h2-6H,7H2,1H3,(H,10,11);1H. The topological polar surface area (TPSA) is 43.0 Å². The van der Waals surface area contributed by atoms with Crippen molar-refractivity contribution in [3.63, 3.8) is 0 Å². The largest absolute Gasteiger partial charge is 0.467 e. The number of hydrogen-bond donors (Lipinski definition) is 1. The van der Waals surface area contributed by atoms with Gasteiger partial charge in [-0.3, -0.25) is 4.68 Å². The van der Waals surface area contributed by atoms with Gasteiger partial charge in [0.2, 0.25) is 0 Å². The maximum Gasteiger partial charge on any atom is 0.148 e. The number of anilines is 1. The Hall–Kier alpha value is -1.42. The molecule has 0 aromatic carbocycles. The highest BCUT2D eigenvalue weighted by Gasteiger charge is 1.97. The van der Waals surface area contributed by atoms with Gasteiger partial charge in [0.15, 0.2) is 0 Å². The Morgan fingerprint density at radius 3 is 2.93 bits per heavy atom. The minimum Gasteiger partial charge on any atom is -0.467 e. The number of rotatable bonds is 3. The van der Waals surface area contributed by atoms with Crippen molar-refractivity contribution in [1.82, 2.24) is 9.78 Å². The van der Waals surface area contributed by atoms with Gasteiger partial charge in [0.1, 0.15) is 11.6 Å². The quantitative estimate of drug-likeness (QED) is 0.849. The summed E-state index contributed by atoms with van der Waals surface area (Å²) in [4.78, 5) is 0. The van der Waals surface area contributed by atoms with Crippen LogP contribution >= 0.6 is 12.4 Å². The summed E-state index contributed by atoms with van der Waals surface area (Å²) in [7, 11) is 1.89. The van der Waals surface area contributed by atoms with Crippen molar-refractivity contribution in [2.75, 3.05) is 5.32 Å². The van der Waals surface area contributed by atoms with Gasteiger partial charge in [-0.1, -0.05) is 0 Å². The van der Waals surface area contributed by atoms with Crippen LogP contribution in [0.2, 0.25) is 0 Å². The van der Waals surface area contributed by atoms with Crippen LogP contribution in [0.25, 0.3) is 0 Å². The summed E-state index contributed by atoms with van der Waals surface area (Å²) >= 11 is 0. The summed E-state index contributed by atoms with van der Waals surface area (Å²) in [6.45, 7) is 0.671. The fourth-order valence-corrected chi connectivity index (χ4v) is 1.10. The molecule has 76 valence electrons. The molecule has 0 radical (unpaired) electrons. The first-order chi connectivity index (χ1) is 6.34. The molecule has 0 bridgehead atoms. The third kappa shape index (κ3) is 2.53. The van der Waals surface area contributed by atoms with Crippen LogP contribution in [-0.4, -0.2) is 9.78 Å². The maximum atomic E-state index is 5.16. The molecule has 5 heteroatoms. The van der Waals surface area contributed by atoms with Gasteiger partial charge in [0.25, 0.3) is 0 Å². The van der Waals surface area contributed by atoms with Gasteiger partial charge in [0.05, 0.1) is 12.8 Å². The lowest BCUT2D eigenvalue weighted by atomic mass is 10.4. The average molecular weight is 214 g/mol. The van der Waals surface area contributed by atoms with E-state index >= 15 is 0 Å². The number of hydrogen-bond acceptors (Lipinski definition) is 3. The van der Waals surface area contributed by atoms with E-state index in [1.54, 1.807) is 10.9 Å². The molecule has 0 spiro atoms. The van der Waals surface area contributed by atoms with Crippen LogP contribution in [-0.2, 0) is 13.6 Å². The molecule has 0 fully saturated rings. The maximum absolute atomic E-state index is 5.16. The zero-order valence-corrected chi connectivity index (χ0v) is 8.62. The van der Waals surface area contributed by atoms with Gasteiger partial charge in [-0.05, 0) is 12.1 Å². The molecule has 2 heterocycles. The number of furan rings is 1. The molecule has 0 saturated heterocycles. The molecule has 0 aliphatic heterocycles. The minimum atomic E-state index is 0. The van der Waals surface area contributed by atoms with Crippen molar-refractivity contribution in [3.8, 4) is 0 Å². The third-order valence-electron chi connectivity index (χ3n) is 1.74. The molecule has 14 heavy (non-hydrogen) atoms. The smallest absolute Gasteiger partial charge is 0.148 e. The molecule has 0 amide bonds. The molecule has 2 rings (SSSR count). The van der Waals surface area contributed by atoms with E-state index in [9.17, 15) is 0 Å². The first-order valence-electron chi connectivity index (χ1n) is 4.10. The van der Waals surface area contributed by atoms with Gasteiger partial charge in [-0.2, -0.15) is 5.10 Å². The van der Waals surface area contributed by atoms with Crippen LogP contribution in [0, 0.1) is 0 Å². The molecule has 4 nitrogen and oxygen atoms in total. The Morgan fingerprint density at radius 2 is 2.36 bits per heavy atom. The summed E-state index contributed by atoms with van der Waals surface area (Å²) < 4.78 is 6.92. The first-order valence-corrected chi connectivity index (χ1v) is 4.10. The second kappa shape index (κ2) is 4.72. The molecule has 2 aromatic rings. The summed E-state index contributed by atoms with van der Waals surface area (Å²) in [5, 5.41) is 7.32. The Morgan fingerprint density at radius 1 is 1.50 bits per heavy atom. The van der Waals surface area contributed by atoms with Crippen LogP contribution in [0.3, 0.4) is 0 Å². The van der Waals surface area contributed by atoms with E-state index < -0.39 is 0 Å². The van der Waals surface area contributed by atoms with E-state index in [1.807, 2.05) is 31.4 Å². The Kier molecular flexibility index (Phi) is 3.59. The molecule has 0 aliphatic rings. The van der Waals surface area contributed by atoms with Gasteiger partial charge in [0, 0.05) is 19.3 Å². The summed E-state index contributed by atoms with van der Waals surface area (Å²) in [5.41, 5.74) is 0. The van der Waals surface area contributed by atoms with Gasteiger partial charge < -0.3 is 9.73 Å². The molecule has 1 N–H and O–H groups in total. The number of aryl methyl sites for hydroxylation is 1. The Labute approximate surface area is 88.3 Å². The van der Waals surface area contributed by atoms with E-state index in [2.05, 4.69) is 10.4 Å². The van der Waals surface area contributed by atoms with Crippen molar-refractivity contribution >= 4 is 18.2 Å². The van der Waals surface area contributed by atoms with Gasteiger partial charge in [-0.25, -0.2) is 0 Å². The fraction of sp³-hybridized carbons (Fsp3) is 0.222. The number of aromatic nitrogens is 2. The molecule has 0 unspecified atom stereocenters. The predicted molar refractivity (Wildman–Crippen MR) is 56.5 cm³/mol. The molecule has 0 atom stereocenters. The SMILES string of the molecule is Cl.Cn1ccc(NCc2ccco2)n1. The van der Waals surface area contributed by atoms with Crippen molar-refractivity contribution in [2.45, 2.75) is 6.54 Å². The molecular weight excluding hydrogens is 202 g/mol. The molecule has 0 saturated carbocycles. The monoisotopic (exact) mass is 213 g/mol. The predicted octanol–water partition coefficient (Wildman–Crippen LogP) is 2.05. The summed E-state index contributed by atoms with van der Waals surface area (Å²) in [6.07, 6.45) is 3.56. The van der Waals surface area contributed by atoms with E-state index in [-0.39, 0.29) is 12.4 Å². The second-order valence-electron chi connectivity index (χ2n) is 2.81. The fourth-order valence-electron chi connectivity index (χ4n) is 1.10. The molecule has 0 aliphatic carbocycles. The Balaban J connectivity index is 0.000000980. The van der Waals surface area contributed by atoms with Crippen LogP contribution in [0.15, 0.2) is 35.1 Å². The van der Waals surface area contributed by atoms with Gasteiger partial charge in [-0.15, -0.1) is 12.4 Å². The third-order valence-corrected chi connectivity index (χ3v) is 1.74. The highest BCUT2D eigenvalue weighted by atomic mass is 35.5. The summed E-state index contributed by atoms with van der Waals surface area (Å²) in [5.74, 6) is 1.77. The van der Waals surface area contributed by atoms with Crippen LogP contribution in [0.5, 0.6) is 0 Å². The van der Waals surface area contributed by atoms with Crippen molar-refractivity contribution < 1.29 is 4.42 Å². The van der Waals surface area contributed by atoms with Crippen molar-refractivity contribution in [2.24, 2.45) is 7.05 Å². The van der Waals surface area contributed by atoms with Crippen molar-refractivity contribution in [3.05, 3.63) is 36.4 Å². The average Bonchev–Trinajstić information content (AvgIpc) is 2.71. The first kappa shape index (κ1) is 10.7. The molecule has 2 aromatic heterocycles. The lowest BCUT2D eigenvalue weighted by Gasteiger charge is -1.98. The minimum absolute atomic E-state index is 0. The lowest BCUT2D eigenvalue weighted by molar-refractivity contribution is 0.517. The number of halogens is 1. The second-order valence-corrected chi connectivity index (χ2v) is 2.81. The zero-order chi connectivity index (χ0) is 9.10. The normalized spacial score (nSPS) is 9.50. The van der Waals surface area contributed by atoms with Crippen LogP contribution in [0.1, 0.15) is 5.76 Å². The highest BCUT2D eigenvalue weighted by Crippen LogP contribution is 2.05. The van der Waals surface area contributed by atoms with Gasteiger partial charge >= 0.3 is 0 Å². The number of nitrogens with one attached hydrogen (secondary N) is 1. The highest BCUT2D eigenvalue weighted by molar-refractivity contribution is 5.85. The Bertz CT molecular complexity index is 369. The van der Waals surface area contributed by atoms with E-state index in [4.69, 9.17) is 4.42 Å². The summed E-state index contributed by atoms with van der Waals surface area (Å²) in [6, 6.07) is 5.72. The number of nitrogens with zero attached hydrogens (tertiary/aromatic N) is 2. The van der Waals surface area contributed by atoms with E-state index in [0.717, 1.165) is 11.6 Å². The van der Waals surface area contributed by atoms with Crippen LogP contribution < -0.4 is 5.32 Å².